The van der Waals surface area contributed by atoms with E-state index in [0.717, 1.165) is 0 Å². The number of rotatable bonds is 2. The van der Waals surface area contributed by atoms with Gasteiger partial charge in [0.2, 0.25) is 5.78 Å². The maximum atomic E-state index is 13.6. The minimum atomic E-state index is -2.89. The second kappa shape index (κ2) is 6.89. The Morgan fingerprint density at radius 2 is 1.81 bits per heavy atom. The summed E-state index contributed by atoms with van der Waals surface area (Å²) in [4.78, 5) is 39.8. The van der Waals surface area contributed by atoms with Crippen LogP contribution in [0.15, 0.2) is 29.0 Å². The van der Waals surface area contributed by atoms with Crippen LogP contribution in [0, 0.1) is 18.8 Å². The molecule has 3 aliphatic rings. The molecule has 3 unspecified atom stereocenters. The molecule has 3 aliphatic carbocycles. The maximum Gasteiger partial charge on any atom is 0.255 e. The second-order valence-electron chi connectivity index (χ2n) is 8.80. The van der Waals surface area contributed by atoms with E-state index in [0.29, 0.717) is 11.1 Å². The number of aliphatic hydroxyl groups is 4. The van der Waals surface area contributed by atoms with Crippen LogP contribution in [0.2, 0.25) is 0 Å². The fourth-order valence-corrected chi connectivity index (χ4v) is 5.41. The van der Waals surface area contributed by atoms with E-state index in [1.54, 1.807) is 13.0 Å². The summed E-state index contributed by atoms with van der Waals surface area (Å²) in [6.07, 6.45) is -1.53. The van der Waals surface area contributed by atoms with E-state index in [1.165, 1.54) is 25.1 Å². The average Bonchev–Trinajstić information content (AvgIpc) is 2.70. The van der Waals surface area contributed by atoms with E-state index >= 15 is 0 Å². The number of carbonyl (C=O) groups excluding carboxylic acids is 3. The van der Waals surface area contributed by atoms with Crippen molar-refractivity contribution in [2.45, 2.75) is 31.1 Å². The van der Waals surface area contributed by atoms with Gasteiger partial charge in [0.1, 0.15) is 22.8 Å². The van der Waals surface area contributed by atoms with Gasteiger partial charge in [0.25, 0.3) is 5.91 Å². The zero-order valence-corrected chi connectivity index (χ0v) is 17.7. The minimum absolute atomic E-state index is 0.00603. The van der Waals surface area contributed by atoms with Crippen LogP contribution in [0.3, 0.4) is 0 Å². The van der Waals surface area contributed by atoms with Gasteiger partial charge in [0.05, 0.1) is 23.6 Å². The minimum Gasteiger partial charge on any atom is -0.508 e. The Morgan fingerprint density at radius 1 is 1.19 bits per heavy atom. The smallest absolute Gasteiger partial charge is 0.255 e. The highest BCUT2D eigenvalue weighted by Gasteiger charge is 2.67. The van der Waals surface area contributed by atoms with Crippen molar-refractivity contribution in [3.63, 3.8) is 0 Å². The van der Waals surface area contributed by atoms with Crippen LogP contribution in [-0.4, -0.2) is 79.7 Å². The number of carbonyl (C=O) groups is 3. The highest BCUT2D eigenvalue weighted by Crippen LogP contribution is 2.52. The number of hydrogen-bond donors (Lipinski definition) is 6. The fraction of sp³-hybridized carbons (Fsp3) is 0.409. The van der Waals surface area contributed by atoms with Crippen LogP contribution >= 0.6 is 0 Å². The van der Waals surface area contributed by atoms with E-state index in [1.807, 2.05) is 0 Å². The summed E-state index contributed by atoms with van der Waals surface area (Å²) in [5, 5.41) is 54.8. The first kappa shape index (κ1) is 22.0. The lowest BCUT2D eigenvalue weighted by Gasteiger charge is -2.52. The molecule has 0 saturated heterocycles. The topological polar surface area (TPSA) is 182 Å². The first-order valence-electron chi connectivity index (χ1n) is 9.99. The average molecular weight is 444 g/mol. The Kier molecular flexibility index (Phi) is 4.74. The van der Waals surface area contributed by atoms with Gasteiger partial charge in [0.15, 0.2) is 11.4 Å². The van der Waals surface area contributed by atoms with Crippen molar-refractivity contribution in [2.24, 2.45) is 17.6 Å². The van der Waals surface area contributed by atoms with E-state index < -0.39 is 69.7 Å². The summed E-state index contributed by atoms with van der Waals surface area (Å²) in [5.74, 6) is -8.19. The molecular weight excluding hydrogens is 420 g/mol. The third-order valence-electron chi connectivity index (χ3n) is 6.92. The van der Waals surface area contributed by atoms with Gasteiger partial charge in [-0.3, -0.25) is 19.3 Å². The molecule has 5 atom stereocenters. The molecule has 1 fully saturated rings. The third kappa shape index (κ3) is 2.54. The van der Waals surface area contributed by atoms with Crippen LogP contribution in [0.4, 0.5) is 0 Å². The molecule has 10 nitrogen and oxygen atoms in total. The van der Waals surface area contributed by atoms with Gasteiger partial charge < -0.3 is 31.3 Å². The molecule has 7 N–H and O–H groups in total. The number of nitrogens with two attached hydrogens (primary N) is 1. The monoisotopic (exact) mass is 444 g/mol. The van der Waals surface area contributed by atoms with Crippen LogP contribution in [0.5, 0.6) is 5.75 Å². The Hall–Kier alpha value is -3.21. The number of fused-ring (bicyclic) bond motifs is 3. The highest BCUT2D eigenvalue weighted by atomic mass is 16.4. The zero-order chi connectivity index (χ0) is 23.9. The number of hydrogen-bond acceptors (Lipinski definition) is 9. The Morgan fingerprint density at radius 3 is 2.38 bits per heavy atom. The molecule has 0 aromatic heterocycles. The van der Waals surface area contributed by atoms with Crippen molar-refractivity contribution in [3.8, 4) is 5.75 Å². The third-order valence-corrected chi connectivity index (χ3v) is 6.92. The van der Waals surface area contributed by atoms with E-state index in [-0.39, 0.29) is 17.7 Å². The van der Waals surface area contributed by atoms with Gasteiger partial charge in [0, 0.05) is 11.5 Å². The summed E-state index contributed by atoms with van der Waals surface area (Å²) < 4.78 is 0. The Bertz CT molecular complexity index is 1150. The molecule has 1 saturated carbocycles. The first-order valence-corrected chi connectivity index (χ1v) is 9.99. The van der Waals surface area contributed by atoms with Crippen molar-refractivity contribution in [2.75, 3.05) is 14.1 Å². The van der Waals surface area contributed by atoms with Gasteiger partial charge in [-0.15, -0.1) is 0 Å². The van der Waals surface area contributed by atoms with Crippen molar-refractivity contribution >= 4 is 23.2 Å². The number of Topliss-reactive ketones (excluding diaryl/α,β-unsaturated/α-hetero) is 2. The molecule has 0 radical (unpaired) electrons. The molecule has 1 aromatic rings. The number of likely N-dealkylation sites (N-methyl/N-ethyl adjacent to an activating group) is 1. The molecule has 0 heterocycles. The quantitative estimate of drug-likeness (QED) is 0.320. The number of primary amides is 1. The van der Waals surface area contributed by atoms with Crippen LogP contribution < -0.4 is 5.73 Å². The SMILES string of the molecule is Cc1ccc(O)c2c1CC1C(=C2O)C(=O)[C@]2(O)C(O)=C(C(N)=O)C(=O)[C@@H](N(C)C)C2C1O. The van der Waals surface area contributed by atoms with Crippen LogP contribution in [0.25, 0.3) is 5.76 Å². The molecule has 32 heavy (non-hydrogen) atoms. The van der Waals surface area contributed by atoms with Crippen molar-refractivity contribution in [1.82, 2.24) is 4.90 Å². The number of aryl methyl sites for hydroxylation is 1. The summed E-state index contributed by atoms with van der Waals surface area (Å²) >= 11 is 0. The lowest BCUT2D eigenvalue weighted by molar-refractivity contribution is -0.168. The summed E-state index contributed by atoms with van der Waals surface area (Å²) in [6, 6.07) is 1.61. The molecule has 1 amide bonds. The fourth-order valence-electron chi connectivity index (χ4n) is 5.41. The van der Waals surface area contributed by atoms with Gasteiger partial charge in [-0.2, -0.15) is 0 Å². The summed E-state index contributed by atoms with van der Waals surface area (Å²) in [5.41, 5.74) is 2.24. The number of aliphatic hydroxyl groups excluding tert-OH is 3. The van der Waals surface area contributed by atoms with Crippen LogP contribution in [0.1, 0.15) is 16.7 Å². The summed E-state index contributed by atoms with van der Waals surface area (Å²) in [7, 11) is 2.92. The van der Waals surface area contributed by atoms with Crippen molar-refractivity contribution < 1.29 is 39.9 Å². The number of amides is 1. The molecular formula is C22H24N2O8. The van der Waals surface area contributed by atoms with E-state index in [9.17, 15) is 39.9 Å². The molecule has 10 heteroatoms. The predicted molar refractivity (Wildman–Crippen MR) is 110 cm³/mol. The highest BCUT2D eigenvalue weighted by molar-refractivity contribution is 6.24. The van der Waals surface area contributed by atoms with Crippen molar-refractivity contribution in [3.05, 3.63) is 45.7 Å². The normalized spacial score (nSPS) is 32.1. The van der Waals surface area contributed by atoms with E-state index in [4.69, 9.17) is 5.73 Å². The van der Waals surface area contributed by atoms with Crippen LogP contribution in [-0.2, 0) is 20.8 Å². The molecule has 1 aromatic carbocycles. The van der Waals surface area contributed by atoms with E-state index in [2.05, 4.69) is 0 Å². The molecule has 0 spiro atoms. The van der Waals surface area contributed by atoms with Crippen molar-refractivity contribution in [1.29, 1.82) is 0 Å². The second-order valence-corrected chi connectivity index (χ2v) is 8.80. The largest absolute Gasteiger partial charge is 0.508 e. The predicted octanol–water partition coefficient (Wildman–Crippen LogP) is -0.757. The number of benzene rings is 1. The number of aromatic hydroxyl groups is 1. The molecule has 0 bridgehead atoms. The number of ketones is 2. The maximum absolute atomic E-state index is 13.6. The van der Waals surface area contributed by atoms with Gasteiger partial charge >= 0.3 is 0 Å². The first-order chi connectivity index (χ1) is 14.8. The number of phenols is 1. The number of phenolic OH excluding ortho intramolecular Hbond substituents is 1. The van der Waals surface area contributed by atoms with Gasteiger partial charge in [-0.1, -0.05) is 6.07 Å². The lowest BCUT2D eigenvalue weighted by atomic mass is 9.56. The zero-order valence-electron chi connectivity index (χ0n) is 17.7. The molecule has 170 valence electrons. The molecule has 4 rings (SSSR count). The number of nitrogens with zero attached hydrogens (tertiary/aromatic N) is 1. The standard InChI is InChI=1S/C22H24N2O8/c1-7-4-5-10(25)11-8(7)6-9-12(17(11)27)19(29)22(32)14(16(9)26)15(24(2)3)18(28)13(20(22)30)21(23)31/h4-5,9,14-16,25-27,30,32H,6H2,1-3H3,(H2,23,31)/t9?,14?,15-,16?,22-/m0/s1. The lowest BCUT2D eigenvalue weighted by Crippen LogP contribution is -2.70. The van der Waals surface area contributed by atoms with Gasteiger partial charge in [-0.05, 0) is 44.6 Å². The Labute approximate surface area is 182 Å². The Balaban J connectivity index is 2.05. The summed E-state index contributed by atoms with van der Waals surface area (Å²) in [6.45, 7) is 1.74. The molecule has 0 aliphatic heterocycles. The van der Waals surface area contributed by atoms with Gasteiger partial charge in [-0.25, -0.2) is 0 Å².